The van der Waals surface area contributed by atoms with Crippen molar-refractivity contribution in [2.75, 3.05) is 0 Å². The van der Waals surface area contributed by atoms with Gasteiger partial charge in [-0.15, -0.1) is 4.99 Å². The summed E-state index contributed by atoms with van der Waals surface area (Å²) in [7, 11) is 0. The lowest BCUT2D eigenvalue weighted by Crippen LogP contribution is -1.98. The number of isocyanates is 1. The van der Waals surface area contributed by atoms with Crippen molar-refractivity contribution >= 4 is 17.8 Å². The van der Waals surface area contributed by atoms with Crippen LogP contribution in [0.3, 0.4) is 0 Å². The zero-order valence-corrected chi connectivity index (χ0v) is 7.71. The van der Waals surface area contributed by atoms with Gasteiger partial charge in [-0.3, -0.25) is 4.79 Å². The second-order valence-electron chi connectivity index (χ2n) is 2.49. The minimum absolute atomic E-state index is 0.315. The third-order valence-electron chi connectivity index (χ3n) is 1.62. The van der Waals surface area contributed by atoms with Crippen molar-refractivity contribution in [1.29, 1.82) is 0 Å². The van der Waals surface area contributed by atoms with Crippen LogP contribution in [0, 0.1) is 10.1 Å². The minimum atomic E-state index is -1.02. The Hall–Kier alpha value is -2.34. The fraction of sp³-hybridized carbons (Fsp3) is 0.286. The first-order valence-electron chi connectivity index (χ1n) is 3.94. The SMILES string of the molecule is CCn1cc(C(=O)N=C=O)c([N+](=O)[O-])n1. The molecule has 15 heavy (non-hydrogen) atoms. The Morgan fingerprint density at radius 3 is 2.93 bits per heavy atom. The number of aryl methyl sites for hydroxylation is 1. The fourth-order valence-corrected chi connectivity index (χ4v) is 0.961. The average Bonchev–Trinajstić information content (AvgIpc) is 2.61. The molecule has 1 heterocycles. The molecule has 0 aromatic carbocycles. The third-order valence-corrected chi connectivity index (χ3v) is 1.62. The Labute approximate surface area is 83.4 Å². The number of hydrogen-bond acceptors (Lipinski definition) is 5. The van der Waals surface area contributed by atoms with E-state index in [4.69, 9.17) is 0 Å². The highest BCUT2D eigenvalue weighted by molar-refractivity contribution is 6.00. The minimum Gasteiger partial charge on any atom is -0.358 e. The smallest absolute Gasteiger partial charge is 0.358 e. The lowest BCUT2D eigenvalue weighted by molar-refractivity contribution is -0.390. The summed E-state index contributed by atoms with van der Waals surface area (Å²) in [5.74, 6) is -1.63. The first-order valence-corrected chi connectivity index (χ1v) is 3.94. The highest BCUT2D eigenvalue weighted by Crippen LogP contribution is 2.16. The van der Waals surface area contributed by atoms with E-state index in [2.05, 4.69) is 10.1 Å². The van der Waals surface area contributed by atoms with Gasteiger partial charge in [0.2, 0.25) is 6.08 Å². The van der Waals surface area contributed by atoms with Gasteiger partial charge in [-0.2, -0.15) is 4.68 Å². The van der Waals surface area contributed by atoms with E-state index in [-0.39, 0.29) is 5.56 Å². The number of aromatic nitrogens is 2. The van der Waals surface area contributed by atoms with Crippen molar-refractivity contribution in [2.24, 2.45) is 4.99 Å². The van der Waals surface area contributed by atoms with Gasteiger partial charge in [-0.1, -0.05) is 0 Å². The van der Waals surface area contributed by atoms with Crippen molar-refractivity contribution in [2.45, 2.75) is 13.5 Å². The molecule has 1 amide bonds. The predicted octanol–water partition coefficient (Wildman–Crippen LogP) is 0.287. The molecule has 0 aliphatic rings. The summed E-state index contributed by atoms with van der Waals surface area (Å²) in [4.78, 5) is 33.4. The van der Waals surface area contributed by atoms with Crippen molar-refractivity contribution in [3.8, 4) is 0 Å². The molecule has 8 heteroatoms. The summed E-state index contributed by atoms with van der Waals surface area (Å²) in [6.07, 6.45) is 2.19. The van der Waals surface area contributed by atoms with Crippen LogP contribution >= 0.6 is 0 Å². The van der Waals surface area contributed by atoms with Gasteiger partial charge in [0.15, 0.2) is 5.56 Å². The zero-order valence-electron chi connectivity index (χ0n) is 7.71. The molecule has 0 fully saturated rings. The number of nitro groups is 1. The van der Waals surface area contributed by atoms with Crippen LogP contribution in [0.2, 0.25) is 0 Å². The van der Waals surface area contributed by atoms with Crippen LogP contribution in [0.1, 0.15) is 17.3 Å². The van der Waals surface area contributed by atoms with Gasteiger partial charge in [-0.25, -0.2) is 4.79 Å². The number of aliphatic imine (C=N–C) groups is 1. The van der Waals surface area contributed by atoms with Gasteiger partial charge in [0, 0.05) is 0 Å². The number of carbonyl (C=O) groups excluding carboxylic acids is 2. The number of rotatable bonds is 3. The van der Waals surface area contributed by atoms with Crippen LogP contribution in [0.25, 0.3) is 0 Å². The highest BCUT2D eigenvalue weighted by Gasteiger charge is 2.25. The number of amides is 1. The molecule has 0 atom stereocenters. The number of hydrogen-bond donors (Lipinski definition) is 0. The quantitative estimate of drug-likeness (QED) is 0.308. The maximum Gasteiger partial charge on any atom is 0.402 e. The summed E-state index contributed by atoms with van der Waals surface area (Å²) in [5.41, 5.74) is -0.315. The Morgan fingerprint density at radius 2 is 2.47 bits per heavy atom. The summed E-state index contributed by atoms with van der Waals surface area (Å²) in [6.45, 7) is 2.08. The molecule has 1 rings (SSSR count). The van der Waals surface area contributed by atoms with Crippen LogP contribution < -0.4 is 0 Å². The lowest BCUT2D eigenvalue weighted by atomic mass is 10.3. The Bertz CT molecular complexity index is 458. The lowest BCUT2D eigenvalue weighted by Gasteiger charge is -1.88. The Kier molecular flexibility index (Phi) is 3.04. The molecule has 0 saturated carbocycles. The Morgan fingerprint density at radius 1 is 1.80 bits per heavy atom. The van der Waals surface area contributed by atoms with E-state index >= 15 is 0 Å². The van der Waals surface area contributed by atoms with Crippen LogP contribution in [0.5, 0.6) is 0 Å². The molecule has 0 radical (unpaired) electrons. The van der Waals surface area contributed by atoms with E-state index in [1.54, 1.807) is 6.92 Å². The third kappa shape index (κ3) is 2.12. The van der Waals surface area contributed by atoms with Gasteiger partial charge < -0.3 is 10.1 Å². The van der Waals surface area contributed by atoms with Crippen LogP contribution in [0.4, 0.5) is 5.82 Å². The van der Waals surface area contributed by atoms with E-state index in [1.165, 1.54) is 10.9 Å². The van der Waals surface area contributed by atoms with Crippen LogP contribution in [-0.2, 0) is 11.3 Å². The van der Waals surface area contributed by atoms with E-state index in [0.29, 0.717) is 6.54 Å². The number of nitrogens with zero attached hydrogens (tertiary/aromatic N) is 4. The van der Waals surface area contributed by atoms with E-state index in [0.717, 1.165) is 6.08 Å². The van der Waals surface area contributed by atoms with Crippen molar-refractivity contribution in [1.82, 2.24) is 9.78 Å². The summed E-state index contributed by atoms with van der Waals surface area (Å²) >= 11 is 0. The molecule has 0 saturated heterocycles. The van der Waals surface area contributed by atoms with Gasteiger partial charge in [-0.05, 0) is 11.8 Å². The second-order valence-corrected chi connectivity index (χ2v) is 2.49. The first-order chi connectivity index (χ1) is 7.10. The molecule has 1 aromatic heterocycles. The standard InChI is InChI=1S/C7H6N4O4/c1-2-10-3-5(7(13)8-4-12)6(9-10)11(14)15/h3H,2H2,1H3. The van der Waals surface area contributed by atoms with Gasteiger partial charge in [0.05, 0.1) is 17.8 Å². The monoisotopic (exact) mass is 210 g/mol. The van der Waals surface area contributed by atoms with Crippen molar-refractivity contribution in [3.05, 3.63) is 21.9 Å². The molecular formula is C7H6N4O4. The van der Waals surface area contributed by atoms with Gasteiger partial charge in [0.25, 0.3) is 5.91 Å². The number of carbonyl (C=O) groups is 1. The van der Waals surface area contributed by atoms with E-state index < -0.39 is 16.6 Å². The van der Waals surface area contributed by atoms with Crippen LogP contribution in [-0.4, -0.2) is 26.7 Å². The van der Waals surface area contributed by atoms with E-state index in [9.17, 15) is 19.7 Å². The van der Waals surface area contributed by atoms with Gasteiger partial charge in [0.1, 0.15) is 0 Å². The topological polar surface area (TPSA) is 107 Å². The second kappa shape index (κ2) is 4.25. The summed E-state index contributed by atoms with van der Waals surface area (Å²) in [5, 5.41) is 14.0. The molecule has 0 aliphatic heterocycles. The molecule has 0 unspecified atom stereocenters. The molecule has 0 N–H and O–H groups in total. The van der Waals surface area contributed by atoms with Gasteiger partial charge >= 0.3 is 5.82 Å². The normalized spacial score (nSPS) is 9.40. The largest absolute Gasteiger partial charge is 0.402 e. The molecule has 0 bridgehead atoms. The predicted molar refractivity (Wildman–Crippen MR) is 47.0 cm³/mol. The first kappa shape index (κ1) is 10.7. The summed E-state index contributed by atoms with van der Waals surface area (Å²) in [6, 6.07) is 0. The summed E-state index contributed by atoms with van der Waals surface area (Å²) < 4.78 is 1.21. The average molecular weight is 210 g/mol. The maximum absolute atomic E-state index is 11.1. The van der Waals surface area contributed by atoms with Crippen LogP contribution in [0.15, 0.2) is 11.2 Å². The molecular weight excluding hydrogens is 204 g/mol. The molecule has 1 aromatic rings. The highest BCUT2D eigenvalue weighted by atomic mass is 16.6. The van der Waals surface area contributed by atoms with E-state index in [1.807, 2.05) is 0 Å². The molecule has 0 spiro atoms. The molecule has 78 valence electrons. The molecule has 0 aliphatic carbocycles. The molecule has 8 nitrogen and oxygen atoms in total. The Balaban J connectivity index is 3.26. The maximum atomic E-state index is 11.1. The van der Waals surface area contributed by atoms with Crippen molar-refractivity contribution < 1.29 is 14.5 Å². The zero-order chi connectivity index (χ0) is 11.4. The van der Waals surface area contributed by atoms with Crippen molar-refractivity contribution in [3.63, 3.8) is 0 Å². The fourth-order valence-electron chi connectivity index (χ4n) is 0.961.